The molecule has 1 saturated carbocycles. The summed E-state index contributed by atoms with van der Waals surface area (Å²) < 4.78 is 41.0. The Morgan fingerprint density at radius 1 is 1.19 bits per heavy atom. The first-order valence-corrected chi connectivity index (χ1v) is 9.81. The van der Waals surface area contributed by atoms with E-state index in [-0.39, 0.29) is 24.0 Å². The van der Waals surface area contributed by atoms with Crippen LogP contribution >= 0.6 is 0 Å². The number of likely N-dealkylation sites (tertiary alicyclic amines) is 1. The van der Waals surface area contributed by atoms with E-state index < -0.39 is 18.3 Å². The maximum Gasteiger partial charge on any atom is 0.418 e. The minimum absolute atomic E-state index is 0.174. The summed E-state index contributed by atoms with van der Waals surface area (Å²) in [6.07, 6.45) is 1.06. The molecule has 2 N–H and O–H groups in total. The molecular formula is C19H30F3N3O2. The summed E-state index contributed by atoms with van der Waals surface area (Å²) in [5.74, 6) is 0.416. The largest absolute Gasteiger partial charge is 0.418 e. The normalized spacial score (nSPS) is 33.0. The molecular weight excluding hydrogens is 359 g/mol. The lowest BCUT2D eigenvalue weighted by molar-refractivity contribution is -0.258. The van der Waals surface area contributed by atoms with Crippen LogP contribution in [0, 0.1) is 5.92 Å². The number of aliphatic hydroxyl groups excluding tert-OH is 1. The average Bonchev–Trinajstić information content (AvgIpc) is 3.03. The quantitative estimate of drug-likeness (QED) is 0.831. The summed E-state index contributed by atoms with van der Waals surface area (Å²) in [6, 6.07) is 2.31. The van der Waals surface area contributed by atoms with Gasteiger partial charge in [-0.15, -0.1) is 0 Å². The zero-order valence-electron chi connectivity index (χ0n) is 16.0. The predicted octanol–water partition coefficient (Wildman–Crippen LogP) is 3.10. The van der Waals surface area contributed by atoms with E-state index in [0.717, 1.165) is 44.7 Å². The molecule has 3 rings (SSSR count). The average molecular weight is 389 g/mol. The molecule has 8 heteroatoms. The Morgan fingerprint density at radius 3 is 2.44 bits per heavy atom. The van der Waals surface area contributed by atoms with Crippen LogP contribution in [-0.2, 0) is 0 Å². The van der Waals surface area contributed by atoms with Crippen molar-refractivity contribution >= 4 is 0 Å². The lowest BCUT2D eigenvalue weighted by Gasteiger charge is -2.41. The lowest BCUT2D eigenvalue weighted by Crippen LogP contribution is -2.53. The Hall–Kier alpha value is -1.12. The van der Waals surface area contributed by atoms with E-state index in [1.807, 2.05) is 6.07 Å². The molecule has 0 radical (unpaired) electrons. The molecule has 1 aromatic rings. The van der Waals surface area contributed by atoms with Crippen LogP contribution in [0.1, 0.15) is 63.6 Å². The molecule has 2 heterocycles. The van der Waals surface area contributed by atoms with Gasteiger partial charge < -0.3 is 10.2 Å². The Morgan fingerprint density at radius 2 is 1.85 bits per heavy atom. The van der Waals surface area contributed by atoms with Gasteiger partial charge in [0.15, 0.2) is 5.60 Å². The molecule has 1 aromatic heterocycles. The van der Waals surface area contributed by atoms with Crippen LogP contribution in [0.5, 0.6) is 0 Å². The first-order valence-electron chi connectivity index (χ1n) is 9.81. The van der Waals surface area contributed by atoms with Gasteiger partial charge >= 0.3 is 6.18 Å². The van der Waals surface area contributed by atoms with Crippen LogP contribution in [0.15, 0.2) is 12.3 Å². The van der Waals surface area contributed by atoms with Crippen molar-refractivity contribution in [2.45, 2.75) is 75.8 Å². The number of rotatable bonds is 4. The molecule has 3 atom stereocenters. The summed E-state index contributed by atoms with van der Waals surface area (Å²) in [7, 11) is 0. The molecule has 0 bridgehead atoms. The smallest absolute Gasteiger partial charge is 0.393 e. The number of hydrogen-bond acceptors (Lipinski definition) is 4. The van der Waals surface area contributed by atoms with Gasteiger partial charge in [0.05, 0.1) is 12.1 Å². The second kappa shape index (κ2) is 7.72. The van der Waals surface area contributed by atoms with Crippen molar-refractivity contribution in [1.29, 1.82) is 0 Å². The number of β-amino-alcohol motifs (C(OH)–C–C–N with tert-alkyl or cyclic N) is 1. The highest BCUT2D eigenvalue weighted by molar-refractivity contribution is 5.12. The van der Waals surface area contributed by atoms with Gasteiger partial charge in [-0.1, -0.05) is 6.92 Å². The molecule has 5 nitrogen and oxygen atoms in total. The first kappa shape index (κ1) is 20.6. The number of piperidine rings is 1. The van der Waals surface area contributed by atoms with Crippen molar-refractivity contribution in [3.63, 3.8) is 0 Å². The number of halogens is 3. The standard InChI is InChI=1S/C19H30F3N3O2/c1-13-11-24(12-18(2,27)19(20,21)22)10-8-16(13)17-7-9-23-25(17)14-3-5-15(26)6-4-14/h7,9,13-16,26-27H,3-6,8,10-12H2,1-2H3. The van der Waals surface area contributed by atoms with Crippen molar-refractivity contribution in [3.8, 4) is 0 Å². The Balaban J connectivity index is 1.65. The summed E-state index contributed by atoms with van der Waals surface area (Å²) in [6.45, 7) is 3.55. The highest BCUT2D eigenvalue weighted by Gasteiger charge is 2.51. The predicted molar refractivity (Wildman–Crippen MR) is 95.4 cm³/mol. The van der Waals surface area contributed by atoms with E-state index in [4.69, 9.17) is 0 Å². The maximum atomic E-state index is 13.0. The van der Waals surface area contributed by atoms with Crippen LogP contribution < -0.4 is 0 Å². The van der Waals surface area contributed by atoms with Crippen LogP contribution in [0.3, 0.4) is 0 Å². The van der Waals surface area contributed by atoms with E-state index in [0.29, 0.717) is 13.1 Å². The van der Waals surface area contributed by atoms with Crippen molar-refractivity contribution < 1.29 is 23.4 Å². The molecule has 2 fully saturated rings. The number of aliphatic hydroxyl groups is 2. The molecule has 27 heavy (non-hydrogen) atoms. The van der Waals surface area contributed by atoms with E-state index in [1.165, 1.54) is 0 Å². The van der Waals surface area contributed by atoms with Gasteiger partial charge in [0.2, 0.25) is 0 Å². The third kappa shape index (κ3) is 4.49. The van der Waals surface area contributed by atoms with Crippen LogP contribution in [0.25, 0.3) is 0 Å². The Labute approximate surface area is 158 Å². The summed E-state index contributed by atoms with van der Waals surface area (Å²) in [5.41, 5.74) is -1.55. The second-order valence-corrected chi connectivity index (χ2v) is 8.54. The van der Waals surface area contributed by atoms with Crippen LogP contribution in [0.4, 0.5) is 13.2 Å². The molecule has 0 aromatic carbocycles. The molecule has 2 aliphatic rings. The van der Waals surface area contributed by atoms with Gasteiger partial charge in [0, 0.05) is 30.9 Å². The van der Waals surface area contributed by atoms with Crippen molar-refractivity contribution in [2.75, 3.05) is 19.6 Å². The topological polar surface area (TPSA) is 61.5 Å². The number of hydrogen-bond donors (Lipinski definition) is 2. The molecule has 3 unspecified atom stereocenters. The first-order chi connectivity index (χ1) is 12.6. The van der Waals surface area contributed by atoms with Gasteiger partial charge in [0.1, 0.15) is 0 Å². The van der Waals surface area contributed by atoms with E-state index in [9.17, 15) is 23.4 Å². The third-order valence-corrected chi connectivity index (χ3v) is 6.22. The number of aromatic nitrogens is 2. The summed E-state index contributed by atoms with van der Waals surface area (Å²) >= 11 is 0. The van der Waals surface area contributed by atoms with Gasteiger partial charge in [-0.2, -0.15) is 18.3 Å². The molecule has 0 spiro atoms. The molecule has 1 saturated heterocycles. The highest BCUT2D eigenvalue weighted by atomic mass is 19.4. The Kier molecular flexibility index (Phi) is 5.89. The SMILES string of the molecule is CC1CN(CC(C)(O)C(F)(F)F)CCC1c1ccnn1C1CCC(O)CC1. The number of nitrogens with zero attached hydrogens (tertiary/aromatic N) is 3. The third-order valence-electron chi connectivity index (χ3n) is 6.22. The Bertz CT molecular complexity index is 624. The van der Waals surface area contributed by atoms with Crippen molar-refractivity contribution in [3.05, 3.63) is 18.0 Å². The van der Waals surface area contributed by atoms with E-state index >= 15 is 0 Å². The fraction of sp³-hybridized carbons (Fsp3) is 0.842. The van der Waals surface area contributed by atoms with Gasteiger partial charge in [0.25, 0.3) is 0 Å². The monoisotopic (exact) mass is 389 g/mol. The fourth-order valence-electron chi connectivity index (χ4n) is 4.57. The van der Waals surface area contributed by atoms with Gasteiger partial charge in [-0.25, -0.2) is 0 Å². The van der Waals surface area contributed by atoms with Gasteiger partial charge in [-0.05, 0) is 57.6 Å². The van der Waals surface area contributed by atoms with Crippen LogP contribution in [-0.4, -0.2) is 62.4 Å². The molecule has 1 aliphatic heterocycles. The zero-order valence-corrected chi connectivity index (χ0v) is 16.0. The molecule has 154 valence electrons. The minimum atomic E-state index is -4.63. The van der Waals surface area contributed by atoms with Gasteiger partial charge in [-0.3, -0.25) is 9.58 Å². The molecule has 1 aliphatic carbocycles. The fourth-order valence-corrected chi connectivity index (χ4v) is 4.57. The van der Waals surface area contributed by atoms with Crippen molar-refractivity contribution in [2.24, 2.45) is 5.92 Å². The summed E-state index contributed by atoms with van der Waals surface area (Å²) in [4.78, 5) is 1.71. The van der Waals surface area contributed by atoms with E-state index in [1.54, 1.807) is 11.1 Å². The molecule has 0 amide bonds. The minimum Gasteiger partial charge on any atom is -0.393 e. The number of alkyl halides is 3. The van der Waals surface area contributed by atoms with Crippen LogP contribution in [0.2, 0.25) is 0 Å². The summed E-state index contributed by atoms with van der Waals surface area (Å²) in [5, 5.41) is 24.0. The van der Waals surface area contributed by atoms with E-state index in [2.05, 4.69) is 16.7 Å². The maximum absolute atomic E-state index is 13.0. The second-order valence-electron chi connectivity index (χ2n) is 8.54. The lowest BCUT2D eigenvalue weighted by atomic mass is 9.83. The zero-order chi connectivity index (χ0) is 19.8. The highest BCUT2D eigenvalue weighted by Crippen LogP contribution is 2.38. The van der Waals surface area contributed by atoms with Crippen molar-refractivity contribution in [1.82, 2.24) is 14.7 Å².